The van der Waals surface area contributed by atoms with Crippen molar-refractivity contribution in [2.45, 2.75) is 6.42 Å². The quantitative estimate of drug-likeness (QED) is 0.787. The van der Waals surface area contributed by atoms with E-state index in [0.717, 1.165) is 12.1 Å². The number of pyridine rings is 1. The minimum Gasteiger partial charge on any atom is -0.385 e. The van der Waals surface area contributed by atoms with Crippen LogP contribution >= 0.6 is 0 Å². The SMILES string of the molecule is COCCCNC(=O)c1cn2ccccc2n1. The predicted octanol–water partition coefficient (Wildman–Crippen LogP) is 1.10. The first-order valence-corrected chi connectivity index (χ1v) is 5.52. The van der Waals surface area contributed by atoms with Crippen molar-refractivity contribution in [3.8, 4) is 0 Å². The molecule has 1 amide bonds. The average molecular weight is 233 g/mol. The number of carbonyl (C=O) groups excluding carboxylic acids is 1. The minimum atomic E-state index is -0.148. The van der Waals surface area contributed by atoms with Crippen molar-refractivity contribution in [1.82, 2.24) is 14.7 Å². The summed E-state index contributed by atoms with van der Waals surface area (Å²) in [6, 6.07) is 5.65. The summed E-state index contributed by atoms with van der Waals surface area (Å²) in [6.45, 7) is 1.24. The Morgan fingerprint density at radius 1 is 1.53 bits per heavy atom. The molecule has 0 aliphatic rings. The molecule has 90 valence electrons. The molecule has 2 aromatic heterocycles. The standard InChI is InChI=1S/C12H15N3O2/c1-17-8-4-6-13-12(16)10-9-15-7-3-2-5-11(15)14-10/h2-3,5,7,9H,4,6,8H2,1H3,(H,13,16). The Morgan fingerprint density at radius 3 is 3.18 bits per heavy atom. The maximum atomic E-state index is 11.7. The number of hydrogen-bond acceptors (Lipinski definition) is 3. The molecule has 0 saturated carbocycles. The predicted molar refractivity (Wildman–Crippen MR) is 64.0 cm³/mol. The molecule has 5 heteroatoms. The zero-order chi connectivity index (χ0) is 12.1. The van der Waals surface area contributed by atoms with Gasteiger partial charge in [0.15, 0.2) is 0 Å². The maximum Gasteiger partial charge on any atom is 0.271 e. The molecular formula is C12H15N3O2. The molecule has 0 fully saturated rings. The molecule has 0 spiro atoms. The first-order valence-electron chi connectivity index (χ1n) is 5.52. The van der Waals surface area contributed by atoms with Gasteiger partial charge in [0.05, 0.1) is 0 Å². The summed E-state index contributed by atoms with van der Waals surface area (Å²) in [4.78, 5) is 16.0. The van der Waals surface area contributed by atoms with Gasteiger partial charge in [-0.25, -0.2) is 4.98 Å². The third-order valence-electron chi connectivity index (χ3n) is 2.41. The highest BCUT2D eigenvalue weighted by Crippen LogP contribution is 2.04. The molecule has 17 heavy (non-hydrogen) atoms. The summed E-state index contributed by atoms with van der Waals surface area (Å²) in [5.74, 6) is -0.148. The zero-order valence-electron chi connectivity index (χ0n) is 9.72. The van der Waals surface area contributed by atoms with E-state index in [4.69, 9.17) is 4.74 Å². The highest BCUT2D eigenvalue weighted by molar-refractivity contribution is 5.92. The Balaban J connectivity index is 1.99. The summed E-state index contributed by atoms with van der Waals surface area (Å²) < 4.78 is 6.73. The van der Waals surface area contributed by atoms with Crippen LogP contribution in [0.4, 0.5) is 0 Å². The van der Waals surface area contributed by atoms with Gasteiger partial charge < -0.3 is 14.5 Å². The molecule has 0 unspecified atom stereocenters. The van der Waals surface area contributed by atoms with Crippen molar-refractivity contribution < 1.29 is 9.53 Å². The molecule has 0 saturated heterocycles. The first kappa shape index (κ1) is 11.6. The second-order valence-electron chi connectivity index (χ2n) is 3.69. The lowest BCUT2D eigenvalue weighted by Gasteiger charge is -2.01. The molecule has 1 N–H and O–H groups in total. The number of nitrogens with one attached hydrogen (secondary N) is 1. The van der Waals surface area contributed by atoms with Crippen LogP contribution in [0, 0.1) is 0 Å². The van der Waals surface area contributed by atoms with E-state index >= 15 is 0 Å². The topological polar surface area (TPSA) is 55.6 Å². The molecule has 0 atom stereocenters. The maximum absolute atomic E-state index is 11.7. The van der Waals surface area contributed by atoms with Crippen molar-refractivity contribution in [3.05, 3.63) is 36.3 Å². The number of imidazole rings is 1. The van der Waals surface area contributed by atoms with Gasteiger partial charge in [0.25, 0.3) is 5.91 Å². The van der Waals surface area contributed by atoms with Crippen LogP contribution in [-0.4, -0.2) is 35.6 Å². The van der Waals surface area contributed by atoms with E-state index in [-0.39, 0.29) is 5.91 Å². The average Bonchev–Trinajstić information content (AvgIpc) is 2.78. The van der Waals surface area contributed by atoms with E-state index in [1.807, 2.05) is 28.8 Å². The van der Waals surface area contributed by atoms with Gasteiger partial charge in [0.2, 0.25) is 0 Å². The fourth-order valence-corrected chi connectivity index (χ4v) is 1.55. The highest BCUT2D eigenvalue weighted by atomic mass is 16.5. The van der Waals surface area contributed by atoms with Crippen LogP contribution in [0.2, 0.25) is 0 Å². The summed E-state index contributed by atoms with van der Waals surface area (Å²) in [6.07, 6.45) is 4.39. The number of hydrogen-bond donors (Lipinski definition) is 1. The molecule has 2 aromatic rings. The van der Waals surface area contributed by atoms with Crippen molar-refractivity contribution in [3.63, 3.8) is 0 Å². The normalized spacial score (nSPS) is 10.6. The smallest absolute Gasteiger partial charge is 0.271 e. The van der Waals surface area contributed by atoms with Crippen molar-refractivity contribution in [2.75, 3.05) is 20.3 Å². The summed E-state index contributed by atoms with van der Waals surface area (Å²) in [5.41, 5.74) is 1.21. The van der Waals surface area contributed by atoms with Crippen molar-refractivity contribution >= 4 is 11.6 Å². The van der Waals surface area contributed by atoms with E-state index < -0.39 is 0 Å². The minimum absolute atomic E-state index is 0.148. The molecule has 2 heterocycles. The van der Waals surface area contributed by atoms with Crippen LogP contribution in [-0.2, 0) is 4.74 Å². The second-order valence-corrected chi connectivity index (χ2v) is 3.69. The molecule has 0 aliphatic carbocycles. The van der Waals surface area contributed by atoms with Crippen molar-refractivity contribution in [1.29, 1.82) is 0 Å². The van der Waals surface area contributed by atoms with E-state index in [1.165, 1.54) is 0 Å². The van der Waals surface area contributed by atoms with Crippen molar-refractivity contribution in [2.24, 2.45) is 0 Å². The van der Waals surface area contributed by atoms with E-state index in [9.17, 15) is 4.79 Å². The van der Waals surface area contributed by atoms with Gasteiger partial charge in [-0.15, -0.1) is 0 Å². The first-order chi connectivity index (χ1) is 8.31. The Morgan fingerprint density at radius 2 is 2.41 bits per heavy atom. The van der Waals surface area contributed by atoms with E-state index in [1.54, 1.807) is 13.3 Å². The van der Waals surface area contributed by atoms with Crippen LogP contribution in [0.25, 0.3) is 5.65 Å². The number of carbonyl (C=O) groups is 1. The lowest BCUT2D eigenvalue weighted by atomic mass is 10.4. The molecule has 0 radical (unpaired) electrons. The Labute approximate surface area is 99.4 Å². The second kappa shape index (κ2) is 5.45. The number of nitrogens with zero attached hydrogens (tertiary/aromatic N) is 2. The summed E-state index contributed by atoms with van der Waals surface area (Å²) in [5, 5.41) is 2.80. The number of methoxy groups -OCH3 is 1. The Kier molecular flexibility index (Phi) is 3.72. The lowest BCUT2D eigenvalue weighted by Crippen LogP contribution is -2.25. The van der Waals surface area contributed by atoms with E-state index in [2.05, 4.69) is 10.3 Å². The van der Waals surface area contributed by atoms with Gasteiger partial charge in [-0.1, -0.05) is 6.07 Å². The number of ether oxygens (including phenoxy) is 1. The number of fused-ring (bicyclic) bond motifs is 1. The number of amides is 1. The molecule has 2 rings (SSSR count). The number of rotatable bonds is 5. The summed E-state index contributed by atoms with van der Waals surface area (Å²) >= 11 is 0. The number of aromatic nitrogens is 2. The molecule has 0 aromatic carbocycles. The fraction of sp³-hybridized carbons (Fsp3) is 0.333. The Bertz CT molecular complexity index is 474. The Hall–Kier alpha value is -1.88. The van der Waals surface area contributed by atoms with Crippen LogP contribution in [0.15, 0.2) is 30.6 Å². The van der Waals surface area contributed by atoms with Gasteiger partial charge in [-0.05, 0) is 18.6 Å². The highest BCUT2D eigenvalue weighted by Gasteiger charge is 2.09. The molecule has 0 bridgehead atoms. The van der Waals surface area contributed by atoms with Gasteiger partial charge in [0, 0.05) is 32.7 Å². The van der Waals surface area contributed by atoms with Gasteiger partial charge >= 0.3 is 0 Å². The lowest BCUT2D eigenvalue weighted by molar-refractivity contribution is 0.0944. The third kappa shape index (κ3) is 2.82. The molecule has 0 aliphatic heterocycles. The zero-order valence-corrected chi connectivity index (χ0v) is 9.72. The van der Waals surface area contributed by atoms with Gasteiger partial charge in [-0.3, -0.25) is 4.79 Å². The van der Waals surface area contributed by atoms with Crippen LogP contribution in [0.5, 0.6) is 0 Å². The molecular weight excluding hydrogens is 218 g/mol. The summed E-state index contributed by atoms with van der Waals surface area (Å²) in [7, 11) is 1.64. The van der Waals surface area contributed by atoms with Crippen LogP contribution < -0.4 is 5.32 Å². The largest absolute Gasteiger partial charge is 0.385 e. The van der Waals surface area contributed by atoms with Gasteiger partial charge in [0.1, 0.15) is 11.3 Å². The van der Waals surface area contributed by atoms with Gasteiger partial charge in [-0.2, -0.15) is 0 Å². The monoisotopic (exact) mass is 233 g/mol. The van der Waals surface area contributed by atoms with Crippen LogP contribution in [0.1, 0.15) is 16.9 Å². The van der Waals surface area contributed by atoms with E-state index in [0.29, 0.717) is 18.8 Å². The van der Waals surface area contributed by atoms with Crippen LogP contribution in [0.3, 0.4) is 0 Å². The fourth-order valence-electron chi connectivity index (χ4n) is 1.55. The molecule has 5 nitrogen and oxygen atoms in total. The third-order valence-corrected chi connectivity index (χ3v) is 2.41.